The van der Waals surface area contributed by atoms with Gasteiger partial charge in [0.15, 0.2) is 5.82 Å². The largest absolute Gasteiger partial charge is 0.348 e. The maximum absolute atomic E-state index is 4.37. The molecule has 0 aliphatic carbocycles. The van der Waals surface area contributed by atoms with Crippen LogP contribution in [0.1, 0.15) is 20.8 Å². The number of halogens is 1. The van der Waals surface area contributed by atoms with E-state index in [0.29, 0.717) is 11.8 Å². The Hall–Kier alpha value is -1.69. The zero-order valence-electron chi connectivity index (χ0n) is 11.1. The zero-order valence-corrected chi connectivity index (χ0v) is 12.7. The third kappa shape index (κ3) is 4.48. The second-order valence-corrected chi connectivity index (χ2v) is 6.09. The fourth-order valence-corrected chi connectivity index (χ4v) is 1.70. The minimum absolute atomic E-state index is 0.0993. The van der Waals surface area contributed by atoms with Crippen molar-refractivity contribution in [1.82, 2.24) is 15.2 Å². The molecule has 0 saturated carbocycles. The van der Waals surface area contributed by atoms with E-state index in [1.807, 2.05) is 45.0 Å². The summed E-state index contributed by atoms with van der Waals surface area (Å²) in [6.07, 6.45) is 1.59. The summed E-state index contributed by atoms with van der Waals surface area (Å²) >= 11 is 3.40. The van der Waals surface area contributed by atoms with Crippen molar-refractivity contribution in [2.45, 2.75) is 26.3 Å². The monoisotopic (exact) mass is 321 g/mol. The summed E-state index contributed by atoms with van der Waals surface area (Å²) in [4.78, 5) is 4.37. The van der Waals surface area contributed by atoms with Gasteiger partial charge in [-0.25, -0.2) is 0 Å². The average Bonchev–Trinajstić information content (AvgIpc) is 2.30. The van der Waals surface area contributed by atoms with Gasteiger partial charge in [0.1, 0.15) is 0 Å². The SMILES string of the molecule is CC(C)(C)Nc1nncc(Nc2ccc(Br)cc2)n1. The van der Waals surface area contributed by atoms with Gasteiger partial charge in [-0.15, -0.1) is 5.10 Å². The third-order valence-corrected chi connectivity index (χ3v) is 2.69. The number of hydrogen-bond acceptors (Lipinski definition) is 5. The standard InChI is InChI=1S/C13H16BrN5/c1-13(2,3)18-12-17-11(8-15-19-12)16-10-6-4-9(14)5-7-10/h4-8H,1-3H3,(H2,16,17,18,19). The molecule has 0 aliphatic rings. The van der Waals surface area contributed by atoms with Crippen LogP contribution in [-0.2, 0) is 0 Å². The maximum Gasteiger partial charge on any atom is 0.245 e. The predicted octanol–water partition coefficient (Wildman–Crippen LogP) is 3.59. The number of hydrogen-bond donors (Lipinski definition) is 2. The summed E-state index contributed by atoms with van der Waals surface area (Å²) in [6, 6.07) is 7.85. The Morgan fingerprint density at radius 2 is 1.79 bits per heavy atom. The molecule has 0 fully saturated rings. The van der Waals surface area contributed by atoms with Crippen molar-refractivity contribution in [3.05, 3.63) is 34.9 Å². The molecule has 0 unspecified atom stereocenters. The summed E-state index contributed by atoms with van der Waals surface area (Å²) in [7, 11) is 0. The van der Waals surface area contributed by atoms with Crippen LogP contribution in [0.4, 0.5) is 17.5 Å². The molecule has 0 bridgehead atoms. The van der Waals surface area contributed by atoms with Gasteiger partial charge in [-0.3, -0.25) is 0 Å². The van der Waals surface area contributed by atoms with Crippen molar-refractivity contribution >= 4 is 33.4 Å². The Balaban J connectivity index is 2.13. The molecule has 0 spiro atoms. The van der Waals surface area contributed by atoms with E-state index >= 15 is 0 Å². The number of nitrogens with zero attached hydrogens (tertiary/aromatic N) is 3. The first-order valence-corrected chi connectivity index (χ1v) is 6.72. The van der Waals surface area contributed by atoms with E-state index in [0.717, 1.165) is 10.2 Å². The number of aromatic nitrogens is 3. The van der Waals surface area contributed by atoms with E-state index in [1.54, 1.807) is 6.20 Å². The van der Waals surface area contributed by atoms with Crippen molar-refractivity contribution in [3.63, 3.8) is 0 Å². The smallest absolute Gasteiger partial charge is 0.245 e. The Morgan fingerprint density at radius 1 is 1.11 bits per heavy atom. The topological polar surface area (TPSA) is 62.7 Å². The first-order valence-electron chi connectivity index (χ1n) is 5.93. The summed E-state index contributed by atoms with van der Waals surface area (Å²) in [5, 5.41) is 14.3. The highest BCUT2D eigenvalue weighted by Crippen LogP contribution is 2.18. The van der Waals surface area contributed by atoms with Crippen LogP contribution in [0, 0.1) is 0 Å². The second-order valence-electron chi connectivity index (χ2n) is 5.17. The van der Waals surface area contributed by atoms with Gasteiger partial charge in [-0.05, 0) is 45.0 Å². The molecule has 19 heavy (non-hydrogen) atoms. The van der Waals surface area contributed by atoms with E-state index in [9.17, 15) is 0 Å². The van der Waals surface area contributed by atoms with Gasteiger partial charge >= 0.3 is 0 Å². The molecule has 2 N–H and O–H groups in total. The highest BCUT2D eigenvalue weighted by atomic mass is 79.9. The predicted molar refractivity (Wildman–Crippen MR) is 80.6 cm³/mol. The minimum Gasteiger partial charge on any atom is -0.348 e. The van der Waals surface area contributed by atoms with Gasteiger partial charge in [-0.2, -0.15) is 10.1 Å². The van der Waals surface area contributed by atoms with Crippen molar-refractivity contribution < 1.29 is 0 Å². The molecule has 1 aromatic heterocycles. The van der Waals surface area contributed by atoms with Gasteiger partial charge in [-0.1, -0.05) is 15.9 Å². The first kappa shape index (κ1) is 13.7. The summed E-state index contributed by atoms with van der Waals surface area (Å²) in [6.45, 7) is 6.14. The van der Waals surface area contributed by atoms with E-state index in [1.165, 1.54) is 0 Å². The van der Waals surface area contributed by atoms with E-state index in [2.05, 4.69) is 41.7 Å². The van der Waals surface area contributed by atoms with Gasteiger partial charge in [0, 0.05) is 15.7 Å². The van der Waals surface area contributed by atoms with Crippen LogP contribution in [-0.4, -0.2) is 20.7 Å². The Labute approximate surface area is 121 Å². The van der Waals surface area contributed by atoms with Crippen molar-refractivity contribution in [2.75, 3.05) is 10.6 Å². The molecule has 0 atom stereocenters. The van der Waals surface area contributed by atoms with Gasteiger partial charge < -0.3 is 10.6 Å². The first-order chi connectivity index (χ1) is 8.92. The maximum atomic E-state index is 4.37. The molecule has 0 amide bonds. The molecular formula is C13H16BrN5. The fourth-order valence-electron chi connectivity index (χ4n) is 1.43. The molecule has 5 nitrogen and oxygen atoms in total. The summed E-state index contributed by atoms with van der Waals surface area (Å²) in [5.74, 6) is 1.17. The van der Waals surface area contributed by atoms with Crippen LogP contribution in [0.5, 0.6) is 0 Å². The van der Waals surface area contributed by atoms with Crippen LogP contribution >= 0.6 is 15.9 Å². The molecule has 0 radical (unpaired) electrons. The van der Waals surface area contributed by atoms with E-state index in [4.69, 9.17) is 0 Å². The molecule has 100 valence electrons. The summed E-state index contributed by atoms with van der Waals surface area (Å²) in [5.41, 5.74) is 0.850. The van der Waals surface area contributed by atoms with E-state index in [-0.39, 0.29) is 5.54 Å². The third-order valence-electron chi connectivity index (χ3n) is 2.16. The van der Waals surface area contributed by atoms with Gasteiger partial charge in [0.05, 0.1) is 6.20 Å². The van der Waals surface area contributed by atoms with Crippen molar-refractivity contribution in [1.29, 1.82) is 0 Å². The molecule has 6 heteroatoms. The van der Waals surface area contributed by atoms with Crippen LogP contribution in [0.25, 0.3) is 0 Å². The second kappa shape index (κ2) is 5.52. The van der Waals surface area contributed by atoms with Gasteiger partial charge in [0.25, 0.3) is 0 Å². The molecule has 1 heterocycles. The lowest BCUT2D eigenvalue weighted by Gasteiger charge is -2.20. The number of nitrogens with one attached hydrogen (secondary N) is 2. The summed E-state index contributed by atoms with van der Waals surface area (Å²) < 4.78 is 1.04. The van der Waals surface area contributed by atoms with Crippen LogP contribution in [0.15, 0.2) is 34.9 Å². The minimum atomic E-state index is -0.0993. The Bertz CT molecular complexity index is 548. The molecule has 2 aromatic rings. The molecule has 0 saturated heterocycles. The lowest BCUT2D eigenvalue weighted by atomic mass is 10.1. The highest BCUT2D eigenvalue weighted by molar-refractivity contribution is 9.10. The quantitative estimate of drug-likeness (QED) is 0.904. The van der Waals surface area contributed by atoms with E-state index < -0.39 is 0 Å². The molecule has 1 aromatic carbocycles. The fraction of sp³-hybridized carbons (Fsp3) is 0.308. The van der Waals surface area contributed by atoms with Crippen LogP contribution < -0.4 is 10.6 Å². The molecule has 2 rings (SSSR count). The van der Waals surface area contributed by atoms with Crippen molar-refractivity contribution in [2.24, 2.45) is 0 Å². The Kier molecular flexibility index (Phi) is 3.99. The molecule has 0 aliphatic heterocycles. The van der Waals surface area contributed by atoms with Gasteiger partial charge in [0.2, 0.25) is 5.95 Å². The Morgan fingerprint density at radius 3 is 2.42 bits per heavy atom. The van der Waals surface area contributed by atoms with Crippen LogP contribution in [0.2, 0.25) is 0 Å². The number of rotatable bonds is 3. The normalized spacial score (nSPS) is 11.2. The lowest BCUT2D eigenvalue weighted by Crippen LogP contribution is -2.27. The van der Waals surface area contributed by atoms with Crippen LogP contribution in [0.3, 0.4) is 0 Å². The highest BCUT2D eigenvalue weighted by Gasteiger charge is 2.11. The number of anilines is 3. The van der Waals surface area contributed by atoms with Crippen molar-refractivity contribution in [3.8, 4) is 0 Å². The number of benzene rings is 1. The molecular weight excluding hydrogens is 306 g/mol. The zero-order chi connectivity index (χ0) is 13.9. The average molecular weight is 322 g/mol. The lowest BCUT2D eigenvalue weighted by molar-refractivity contribution is 0.623.